The van der Waals surface area contributed by atoms with Crippen molar-refractivity contribution in [1.82, 2.24) is 0 Å². The number of anilines is 5. The van der Waals surface area contributed by atoms with Crippen molar-refractivity contribution in [3.05, 3.63) is 130 Å². The summed E-state index contributed by atoms with van der Waals surface area (Å²) >= 11 is 0. The quantitative estimate of drug-likeness (QED) is 0.128. The Morgan fingerprint density at radius 3 is 1.54 bits per heavy atom. The monoisotopic (exact) mass is 955 g/mol. The predicted molar refractivity (Wildman–Crippen MR) is 264 cm³/mol. The Morgan fingerprint density at radius 2 is 1.04 bits per heavy atom. The number of ketones is 1. The standard InChI is InChI=1S/2C21H22N2O4.C10H9NO4.CH4/c1-22-9-3-4-15-10-14(5-7-17(15)22)12-23-18-11-16(21(25)26-2)6-8-19(18)27-13-20(23)24;1-22-8-2-3-15-9-14(4-6-17(15)22)11-23-18-10-16(19(25)12-24)5-7-20(18)27-13-21(23)26;1-14-10(13)6-2-3-8-7(4-6)11-9(12)5-15-8;/h5-8,10-11H,3-4,9,12-13H2,1-2H3;4-7,9-10,24H,2-3,8,11-13H2,1H3;2-4H,5H2,1H3,(H,11,12);1H4. The van der Waals surface area contributed by atoms with Gasteiger partial charge < -0.3 is 53.7 Å². The van der Waals surface area contributed by atoms with E-state index in [1.165, 1.54) is 42.8 Å². The zero-order chi connectivity index (χ0) is 48.8. The summed E-state index contributed by atoms with van der Waals surface area (Å²) in [6.45, 7) is 2.41. The van der Waals surface area contributed by atoms with E-state index in [1.54, 1.807) is 58.3 Å². The third-order valence-corrected chi connectivity index (χ3v) is 12.4. The van der Waals surface area contributed by atoms with Gasteiger partial charge in [0.25, 0.3) is 17.7 Å². The highest BCUT2D eigenvalue weighted by Crippen LogP contribution is 2.37. The van der Waals surface area contributed by atoms with Gasteiger partial charge in [-0.3, -0.25) is 19.2 Å². The number of ether oxygens (including phenoxy) is 5. The number of carbonyl (C=O) groups excluding carboxylic acids is 6. The number of aryl methyl sites for hydroxylation is 2. The van der Waals surface area contributed by atoms with Crippen LogP contribution < -0.4 is 39.1 Å². The SMILES string of the molecule is C.CN1CCCc2cc(CN3C(=O)COc4ccc(C(=O)CO)cc43)ccc21.COC(=O)c1ccc2c(c1)N(Cc1ccc3c(c1)CCCN3C)C(=O)CO2.COC(=O)c1ccc2c(c1)NC(=O)CO2. The average molecular weight is 956 g/mol. The Kier molecular flexibility index (Phi) is 15.7. The van der Waals surface area contributed by atoms with Crippen LogP contribution in [0.15, 0.2) is 91.0 Å². The van der Waals surface area contributed by atoms with Gasteiger partial charge in [-0.25, -0.2) is 9.59 Å². The largest absolute Gasteiger partial charge is 0.482 e. The normalized spacial score (nSPS) is 15.1. The molecule has 0 unspecified atom stereocenters. The molecule has 0 saturated carbocycles. The first kappa shape index (κ1) is 50.0. The molecule has 2 N–H and O–H groups in total. The van der Waals surface area contributed by atoms with Gasteiger partial charge in [0.1, 0.15) is 23.9 Å². The molecule has 0 radical (unpaired) electrons. The molecule has 0 aromatic heterocycles. The van der Waals surface area contributed by atoms with Gasteiger partial charge in [0.2, 0.25) is 0 Å². The molecule has 5 aromatic carbocycles. The number of amides is 3. The molecule has 0 saturated heterocycles. The van der Waals surface area contributed by atoms with Crippen LogP contribution >= 0.6 is 0 Å². The summed E-state index contributed by atoms with van der Waals surface area (Å²) in [5.41, 5.74) is 10.0. The summed E-state index contributed by atoms with van der Waals surface area (Å²) in [6.07, 6.45) is 4.34. The third kappa shape index (κ3) is 11.0. The topological polar surface area (TPSA) is 194 Å². The van der Waals surface area contributed by atoms with Crippen molar-refractivity contribution in [1.29, 1.82) is 0 Å². The summed E-state index contributed by atoms with van der Waals surface area (Å²) in [5.74, 6) is -0.0448. The molecular weight excluding hydrogens is 899 g/mol. The maximum Gasteiger partial charge on any atom is 0.337 e. The molecule has 0 fully saturated rings. The zero-order valence-electron chi connectivity index (χ0n) is 38.9. The first-order valence-corrected chi connectivity index (χ1v) is 22.5. The van der Waals surface area contributed by atoms with Crippen molar-refractivity contribution in [2.75, 3.05) is 92.7 Å². The lowest BCUT2D eigenvalue weighted by atomic mass is 9.99. The minimum atomic E-state index is -0.564. The van der Waals surface area contributed by atoms with Crippen molar-refractivity contribution in [3.63, 3.8) is 0 Å². The Morgan fingerprint density at radius 1 is 0.586 bits per heavy atom. The molecule has 0 spiro atoms. The molecule has 0 bridgehead atoms. The summed E-state index contributed by atoms with van der Waals surface area (Å²) < 4.78 is 25.5. The Bertz CT molecular complexity index is 2680. The molecule has 17 nitrogen and oxygen atoms in total. The highest BCUT2D eigenvalue weighted by atomic mass is 16.5. The van der Waals surface area contributed by atoms with E-state index in [4.69, 9.17) is 24.1 Å². The first-order valence-electron chi connectivity index (χ1n) is 22.5. The summed E-state index contributed by atoms with van der Waals surface area (Å²) in [7, 11) is 6.84. The van der Waals surface area contributed by atoms with Crippen LogP contribution in [0.2, 0.25) is 0 Å². The molecule has 17 heteroatoms. The number of nitrogens with one attached hydrogen (secondary N) is 1. The van der Waals surface area contributed by atoms with Crippen molar-refractivity contribution >= 4 is 63.9 Å². The van der Waals surface area contributed by atoms with E-state index in [2.05, 4.69) is 64.3 Å². The number of Topliss-reactive ketones (excluding diaryl/α,β-unsaturated/α-hetero) is 1. The summed E-state index contributed by atoms with van der Waals surface area (Å²) in [6, 6.07) is 27.4. The second kappa shape index (κ2) is 22.0. The maximum atomic E-state index is 12.5. The van der Waals surface area contributed by atoms with Crippen molar-refractivity contribution in [2.24, 2.45) is 0 Å². The van der Waals surface area contributed by atoms with E-state index in [0.717, 1.165) is 49.9 Å². The first-order chi connectivity index (χ1) is 33.3. The van der Waals surface area contributed by atoms with E-state index >= 15 is 0 Å². The fourth-order valence-corrected chi connectivity index (χ4v) is 8.83. The van der Waals surface area contributed by atoms with E-state index in [9.17, 15) is 28.8 Å². The number of hydrogen-bond acceptors (Lipinski definition) is 14. The van der Waals surface area contributed by atoms with Gasteiger partial charge in [0, 0.05) is 44.1 Å². The molecular formula is C53H57N5O12. The Hall–Kier alpha value is -7.92. The van der Waals surface area contributed by atoms with Gasteiger partial charge in [-0.05, 0) is 115 Å². The van der Waals surface area contributed by atoms with Crippen LogP contribution in [0.4, 0.5) is 28.4 Å². The van der Waals surface area contributed by atoms with Crippen LogP contribution in [0.25, 0.3) is 0 Å². The van der Waals surface area contributed by atoms with Gasteiger partial charge in [-0.15, -0.1) is 0 Å². The summed E-state index contributed by atoms with van der Waals surface area (Å²) in [4.78, 5) is 78.8. The number of nitrogens with zero attached hydrogens (tertiary/aromatic N) is 4. The van der Waals surface area contributed by atoms with Crippen molar-refractivity contribution in [3.8, 4) is 17.2 Å². The molecule has 5 heterocycles. The number of aliphatic hydroxyl groups excluding tert-OH is 1. The van der Waals surface area contributed by atoms with Gasteiger partial charge in [0.15, 0.2) is 25.6 Å². The second-order valence-corrected chi connectivity index (χ2v) is 17.0. The molecule has 10 rings (SSSR count). The number of benzene rings is 5. The number of aliphatic hydroxyl groups is 1. The lowest BCUT2D eigenvalue weighted by Gasteiger charge is -2.31. The van der Waals surface area contributed by atoms with Crippen LogP contribution in [-0.4, -0.2) is 108 Å². The zero-order valence-corrected chi connectivity index (χ0v) is 38.9. The fourth-order valence-electron chi connectivity index (χ4n) is 8.83. The maximum absolute atomic E-state index is 12.5. The van der Waals surface area contributed by atoms with Crippen molar-refractivity contribution < 1.29 is 57.6 Å². The van der Waals surface area contributed by atoms with E-state index < -0.39 is 18.5 Å². The molecule has 70 heavy (non-hydrogen) atoms. The number of fused-ring (bicyclic) bond motifs is 5. The number of carbonyl (C=O) groups is 6. The predicted octanol–water partition coefficient (Wildman–Crippen LogP) is 6.39. The molecule has 3 amide bonds. The minimum Gasteiger partial charge on any atom is -0.482 e. The third-order valence-electron chi connectivity index (χ3n) is 12.4. The number of esters is 2. The second-order valence-electron chi connectivity index (χ2n) is 17.0. The van der Waals surface area contributed by atoms with Crippen LogP contribution in [0.3, 0.4) is 0 Å². The Balaban J connectivity index is 0.000000160. The molecule has 366 valence electrons. The molecule has 0 aliphatic carbocycles. The highest BCUT2D eigenvalue weighted by Gasteiger charge is 2.29. The van der Waals surface area contributed by atoms with Crippen LogP contribution in [-0.2, 0) is 49.8 Å². The number of rotatable bonds is 8. The smallest absolute Gasteiger partial charge is 0.337 e. The lowest BCUT2D eigenvalue weighted by Crippen LogP contribution is -2.38. The summed E-state index contributed by atoms with van der Waals surface area (Å²) in [5, 5.41) is 11.7. The van der Waals surface area contributed by atoms with Crippen LogP contribution in [0, 0.1) is 0 Å². The van der Waals surface area contributed by atoms with Gasteiger partial charge >= 0.3 is 11.9 Å². The molecule has 5 aliphatic rings. The number of hydrogen-bond donors (Lipinski definition) is 2. The molecule has 5 aliphatic heterocycles. The van der Waals surface area contributed by atoms with Gasteiger partial charge in [-0.2, -0.15) is 0 Å². The van der Waals surface area contributed by atoms with E-state index in [1.807, 2.05) is 6.07 Å². The van der Waals surface area contributed by atoms with Crippen LogP contribution in [0.5, 0.6) is 17.2 Å². The van der Waals surface area contributed by atoms with Crippen LogP contribution in [0.1, 0.15) is 73.6 Å². The minimum absolute atomic E-state index is 0. The molecule has 5 aromatic rings. The highest BCUT2D eigenvalue weighted by molar-refractivity contribution is 6.03. The van der Waals surface area contributed by atoms with Gasteiger partial charge in [0.05, 0.1) is 55.5 Å². The van der Waals surface area contributed by atoms with E-state index in [0.29, 0.717) is 64.1 Å². The molecule has 0 atom stereocenters. The van der Waals surface area contributed by atoms with Crippen molar-refractivity contribution in [2.45, 2.75) is 46.2 Å². The van der Waals surface area contributed by atoms with Gasteiger partial charge in [-0.1, -0.05) is 31.7 Å². The lowest BCUT2D eigenvalue weighted by molar-refractivity contribution is -0.122. The average Bonchev–Trinajstić information content (AvgIpc) is 3.37. The Labute approximate surface area is 406 Å². The van der Waals surface area contributed by atoms with E-state index in [-0.39, 0.29) is 50.8 Å². The fraction of sp³-hybridized carbons (Fsp3) is 0.321. The number of methoxy groups -OCH3 is 2.